The van der Waals surface area contributed by atoms with Crippen molar-refractivity contribution in [3.8, 4) is 0 Å². The van der Waals surface area contributed by atoms with Crippen LogP contribution in [0.1, 0.15) is 57.4 Å². The van der Waals surface area contributed by atoms with E-state index in [4.69, 9.17) is 0 Å². The quantitative estimate of drug-likeness (QED) is 0.731. The maximum absolute atomic E-state index is 13.7. The van der Waals surface area contributed by atoms with E-state index in [1.54, 1.807) is 6.07 Å². The van der Waals surface area contributed by atoms with Crippen molar-refractivity contribution in [2.75, 3.05) is 4.90 Å². The number of nitrogens with zero attached hydrogens (tertiary/aromatic N) is 1. The third kappa shape index (κ3) is 2.09. The van der Waals surface area contributed by atoms with Gasteiger partial charge in [-0.25, -0.2) is 4.39 Å². The van der Waals surface area contributed by atoms with Crippen molar-refractivity contribution in [2.45, 2.75) is 64.3 Å². The predicted molar refractivity (Wildman–Crippen MR) is 92.3 cm³/mol. The minimum atomic E-state index is -0.189. The second-order valence-electron chi connectivity index (χ2n) is 9.03. The fourth-order valence-corrected chi connectivity index (χ4v) is 6.66. The number of carbonyl (C=O) groups excluding carboxylic acids is 1. The number of hydrogen-bond donors (Lipinski definition) is 0. The summed E-state index contributed by atoms with van der Waals surface area (Å²) in [6.07, 6.45) is 9.15. The second-order valence-corrected chi connectivity index (χ2v) is 9.03. The van der Waals surface area contributed by atoms with Crippen LogP contribution in [0.2, 0.25) is 0 Å². The van der Waals surface area contributed by atoms with Crippen molar-refractivity contribution in [2.24, 2.45) is 23.2 Å². The van der Waals surface area contributed by atoms with Crippen LogP contribution in [0.4, 0.5) is 10.1 Å². The van der Waals surface area contributed by atoms with Gasteiger partial charge in [-0.2, -0.15) is 0 Å². The Kier molecular flexibility index (Phi) is 3.15. The number of rotatable bonds is 1. The largest absolute Gasteiger partial charge is 0.309 e. The summed E-state index contributed by atoms with van der Waals surface area (Å²) in [5.41, 5.74) is 1.86. The van der Waals surface area contributed by atoms with E-state index >= 15 is 0 Å². The number of anilines is 1. The molecule has 4 fully saturated rings. The van der Waals surface area contributed by atoms with Gasteiger partial charge in [0.1, 0.15) is 5.82 Å². The lowest BCUT2D eigenvalue weighted by atomic mass is 9.49. The summed E-state index contributed by atoms with van der Waals surface area (Å²) in [5.74, 6) is 2.47. The van der Waals surface area contributed by atoms with E-state index in [1.807, 2.05) is 11.0 Å². The molecule has 4 bridgehead atoms. The van der Waals surface area contributed by atoms with Crippen LogP contribution in [0.5, 0.6) is 0 Å². The van der Waals surface area contributed by atoms with Crippen LogP contribution in [0.3, 0.4) is 0 Å². The molecule has 4 aliphatic carbocycles. The molecular weight excluding hydrogens is 301 g/mol. The average molecular weight is 327 g/mol. The van der Waals surface area contributed by atoms with Crippen molar-refractivity contribution < 1.29 is 9.18 Å². The molecule has 1 aromatic rings. The molecule has 1 amide bonds. The van der Waals surface area contributed by atoms with Crippen LogP contribution in [0.25, 0.3) is 0 Å². The summed E-state index contributed by atoms with van der Waals surface area (Å²) in [6, 6.07) is 5.19. The topological polar surface area (TPSA) is 20.3 Å². The van der Waals surface area contributed by atoms with E-state index in [2.05, 4.69) is 6.92 Å². The number of amides is 1. The minimum Gasteiger partial charge on any atom is -0.309 e. The standard InChI is InChI=1S/C21H26FNO/c1-13-2-3-17-9-18(22)4-5-19(17)23(13)20(24)21-10-14-6-15(11-21)8-16(7-14)12-21/h4-5,9,13-16H,2-3,6-8,10-12H2,1H3. The third-order valence-corrected chi connectivity index (χ3v) is 7.28. The van der Waals surface area contributed by atoms with Gasteiger partial charge in [-0.15, -0.1) is 0 Å². The van der Waals surface area contributed by atoms with E-state index in [9.17, 15) is 9.18 Å². The fraction of sp³-hybridized carbons (Fsp3) is 0.667. The van der Waals surface area contributed by atoms with Crippen LogP contribution < -0.4 is 4.90 Å². The van der Waals surface area contributed by atoms with Gasteiger partial charge < -0.3 is 4.90 Å². The Bertz CT molecular complexity index is 662. The van der Waals surface area contributed by atoms with Crippen LogP contribution in [0.15, 0.2) is 18.2 Å². The highest BCUT2D eigenvalue weighted by molar-refractivity contribution is 5.99. The molecule has 0 spiro atoms. The summed E-state index contributed by atoms with van der Waals surface area (Å²) in [7, 11) is 0. The van der Waals surface area contributed by atoms with Crippen LogP contribution in [0, 0.1) is 29.0 Å². The Balaban J connectivity index is 1.53. The number of halogens is 1. The number of fused-ring (bicyclic) bond motifs is 1. The Morgan fingerprint density at radius 2 is 1.75 bits per heavy atom. The molecule has 4 saturated carbocycles. The van der Waals surface area contributed by atoms with E-state index in [0.29, 0.717) is 5.91 Å². The summed E-state index contributed by atoms with van der Waals surface area (Å²) in [5, 5.41) is 0. The molecule has 0 radical (unpaired) electrons. The molecule has 1 aromatic carbocycles. The van der Waals surface area contributed by atoms with Crippen molar-refractivity contribution >= 4 is 11.6 Å². The number of hydrogen-bond acceptors (Lipinski definition) is 1. The monoisotopic (exact) mass is 327 g/mol. The molecule has 1 unspecified atom stereocenters. The molecule has 1 atom stereocenters. The van der Waals surface area contributed by atoms with E-state index < -0.39 is 0 Å². The highest BCUT2D eigenvalue weighted by Crippen LogP contribution is 2.61. The minimum absolute atomic E-state index is 0.119. The van der Waals surface area contributed by atoms with Gasteiger partial charge in [-0.05, 0) is 99.8 Å². The highest BCUT2D eigenvalue weighted by atomic mass is 19.1. The summed E-state index contributed by atoms with van der Waals surface area (Å²) < 4.78 is 13.6. The normalized spacial score (nSPS) is 39.8. The Labute approximate surface area is 143 Å². The lowest BCUT2D eigenvalue weighted by Gasteiger charge is -2.57. The van der Waals surface area contributed by atoms with Crippen molar-refractivity contribution in [1.82, 2.24) is 0 Å². The number of carbonyl (C=O) groups is 1. The van der Waals surface area contributed by atoms with E-state index in [1.165, 1.54) is 25.3 Å². The summed E-state index contributed by atoms with van der Waals surface area (Å²) in [4.78, 5) is 15.8. The van der Waals surface area contributed by atoms with Gasteiger partial charge >= 0.3 is 0 Å². The zero-order valence-electron chi connectivity index (χ0n) is 14.4. The van der Waals surface area contributed by atoms with Crippen LogP contribution in [-0.2, 0) is 11.2 Å². The SMILES string of the molecule is CC1CCc2cc(F)ccc2N1C(=O)C12CC3CC(CC(C3)C1)C2. The van der Waals surface area contributed by atoms with Gasteiger partial charge in [0.15, 0.2) is 0 Å². The zero-order chi connectivity index (χ0) is 16.5. The molecule has 0 N–H and O–H groups in total. The van der Waals surface area contributed by atoms with Gasteiger partial charge in [0, 0.05) is 11.7 Å². The van der Waals surface area contributed by atoms with Crippen molar-refractivity contribution in [3.63, 3.8) is 0 Å². The zero-order valence-corrected chi connectivity index (χ0v) is 14.4. The maximum Gasteiger partial charge on any atom is 0.233 e. The first-order chi connectivity index (χ1) is 11.5. The van der Waals surface area contributed by atoms with Gasteiger partial charge in [-0.1, -0.05) is 0 Å². The molecular formula is C21H26FNO. The van der Waals surface area contributed by atoms with E-state index in [-0.39, 0.29) is 17.3 Å². The number of aryl methyl sites for hydroxylation is 1. The van der Waals surface area contributed by atoms with Gasteiger partial charge in [0.2, 0.25) is 5.91 Å². The smallest absolute Gasteiger partial charge is 0.233 e. The first kappa shape index (κ1) is 14.9. The van der Waals surface area contributed by atoms with Gasteiger partial charge in [-0.3, -0.25) is 4.79 Å². The summed E-state index contributed by atoms with van der Waals surface area (Å²) >= 11 is 0. The third-order valence-electron chi connectivity index (χ3n) is 7.28. The van der Waals surface area contributed by atoms with Crippen LogP contribution in [-0.4, -0.2) is 11.9 Å². The first-order valence-corrected chi connectivity index (χ1v) is 9.66. The van der Waals surface area contributed by atoms with Crippen molar-refractivity contribution in [3.05, 3.63) is 29.6 Å². The molecule has 1 aliphatic heterocycles. The second kappa shape index (κ2) is 5.06. The van der Waals surface area contributed by atoms with Gasteiger partial charge in [0.25, 0.3) is 0 Å². The Hall–Kier alpha value is -1.38. The lowest BCUT2D eigenvalue weighted by molar-refractivity contribution is -0.143. The number of benzene rings is 1. The fourth-order valence-electron chi connectivity index (χ4n) is 6.66. The molecule has 128 valence electrons. The molecule has 6 rings (SSSR count). The Morgan fingerprint density at radius 1 is 1.12 bits per heavy atom. The molecule has 2 nitrogen and oxygen atoms in total. The average Bonchev–Trinajstić information content (AvgIpc) is 2.53. The predicted octanol–water partition coefficient (Wildman–Crippen LogP) is 4.71. The van der Waals surface area contributed by atoms with Gasteiger partial charge in [0.05, 0.1) is 5.41 Å². The van der Waals surface area contributed by atoms with E-state index in [0.717, 1.165) is 61.1 Å². The molecule has 3 heteroatoms. The van der Waals surface area contributed by atoms with Crippen molar-refractivity contribution in [1.29, 1.82) is 0 Å². The molecule has 0 aromatic heterocycles. The van der Waals surface area contributed by atoms with Crippen LogP contribution >= 0.6 is 0 Å². The molecule has 24 heavy (non-hydrogen) atoms. The highest BCUT2D eigenvalue weighted by Gasteiger charge is 2.56. The molecule has 1 heterocycles. The molecule has 5 aliphatic rings. The molecule has 0 saturated heterocycles. The summed E-state index contributed by atoms with van der Waals surface area (Å²) in [6.45, 7) is 2.16. The first-order valence-electron chi connectivity index (χ1n) is 9.66. The Morgan fingerprint density at radius 3 is 2.38 bits per heavy atom. The lowest BCUT2D eigenvalue weighted by Crippen LogP contribution is -2.57. The maximum atomic E-state index is 13.7.